The van der Waals surface area contributed by atoms with Gasteiger partial charge in [-0.1, -0.05) is 37.3 Å². The van der Waals surface area contributed by atoms with Crippen molar-refractivity contribution >= 4 is 0 Å². The van der Waals surface area contributed by atoms with Crippen molar-refractivity contribution in [1.82, 2.24) is 0 Å². The molecule has 0 saturated carbocycles. The van der Waals surface area contributed by atoms with Crippen LogP contribution in [0.2, 0.25) is 0 Å². The maximum Gasteiger partial charge on any atom is 0.0654 e. The Morgan fingerprint density at radius 2 is 2.11 bits per heavy atom. The summed E-state index contributed by atoms with van der Waals surface area (Å²) in [4.78, 5) is 0. The van der Waals surface area contributed by atoms with Crippen molar-refractivity contribution in [1.29, 1.82) is 0 Å². The Hall–Kier alpha value is -0.860. The van der Waals surface area contributed by atoms with E-state index in [1.165, 1.54) is 5.56 Å². The fourth-order valence-electron chi connectivity index (χ4n) is 3.32. The van der Waals surface area contributed by atoms with Crippen LogP contribution in [0.5, 0.6) is 0 Å². The van der Waals surface area contributed by atoms with Gasteiger partial charge in [0.1, 0.15) is 0 Å². The van der Waals surface area contributed by atoms with E-state index in [1.807, 2.05) is 0 Å². The zero-order valence-electron chi connectivity index (χ0n) is 12.3. The number of ether oxygens (including phenoxy) is 1. The molecular formula is C17H27NO. The predicted molar refractivity (Wildman–Crippen MR) is 80.2 cm³/mol. The van der Waals surface area contributed by atoms with Crippen molar-refractivity contribution in [3.63, 3.8) is 0 Å². The molecule has 2 N–H and O–H groups in total. The van der Waals surface area contributed by atoms with Gasteiger partial charge in [0.25, 0.3) is 0 Å². The van der Waals surface area contributed by atoms with Crippen LogP contribution in [0.4, 0.5) is 0 Å². The number of hydrogen-bond donors (Lipinski definition) is 1. The number of nitrogens with two attached hydrogens (primary N) is 1. The molecule has 1 saturated heterocycles. The SMILES string of the molecule is CC[C@@]1(C)C[C@H]([C@@H](CCN)c2ccccc2)CCO1. The third kappa shape index (κ3) is 3.58. The monoisotopic (exact) mass is 261 g/mol. The topological polar surface area (TPSA) is 35.2 Å². The molecule has 0 amide bonds. The van der Waals surface area contributed by atoms with Gasteiger partial charge < -0.3 is 10.5 Å². The average Bonchev–Trinajstić information content (AvgIpc) is 2.46. The number of hydrogen-bond acceptors (Lipinski definition) is 2. The Morgan fingerprint density at radius 3 is 2.74 bits per heavy atom. The first-order valence-electron chi connectivity index (χ1n) is 7.57. The second kappa shape index (κ2) is 6.53. The van der Waals surface area contributed by atoms with Gasteiger partial charge in [0.2, 0.25) is 0 Å². The van der Waals surface area contributed by atoms with Gasteiger partial charge in [-0.3, -0.25) is 0 Å². The molecule has 3 atom stereocenters. The summed E-state index contributed by atoms with van der Waals surface area (Å²) in [6, 6.07) is 10.9. The highest BCUT2D eigenvalue weighted by Gasteiger charge is 2.35. The summed E-state index contributed by atoms with van der Waals surface area (Å²) in [6.07, 6.45) is 4.49. The first-order chi connectivity index (χ1) is 9.18. The maximum atomic E-state index is 5.98. The van der Waals surface area contributed by atoms with Gasteiger partial charge in [-0.2, -0.15) is 0 Å². The molecule has 19 heavy (non-hydrogen) atoms. The van der Waals surface area contributed by atoms with Crippen molar-refractivity contribution in [2.24, 2.45) is 11.7 Å². The summed E-state index contributed by atoms with van der Waals surface area (Å²) in [6.45, 7) is 6.13. The summed E-state index contributed by atoms with van der Waals surface area (Å²) in [5.41, 5.74) is 7.35. The Bertz CT molecular complexity index is 378. The minimum Gasteiger partial charge on any atom is -0.375 e. The highest BCUT2D eigenvalue weighted by molar-refractivity contribution is 5.20. The van der Waals surface area contributed by atoms with E-state index in [-0.39, 0.29) is 5.60 Å². The highest BCUT2D eigenvalue weighted by atomic mass is 16.5. The highest BCUT2D eigenvalue weighted by Crippen LogP contribution is 2.40. The van der Waals surface area contributed by atoms with E-state index in [9.17, 15) is 0 Å². The van der Waals surface area contributed by atoms with Crippen molar-refractivity contribution in [3.05, 3.63) is 35.9 Å². The first kappa shape index (κ1) is 14.5. The smallest absolute Gasteiger partial charge is 0.0654 e. The van der Waals surface area contributed by atoms with Crippen LogP contribution in [0.25, 0.3) is 0 Å². The predicted octanol–water partition coefficient (Wildman–Crippen LogP) is 3.71. The van der Waals surface area contributed by atoms with E-state index in [1.54, 1.807) is 0 Å². The number of benzene rings is 1. The van der Waals surface area contributed by atoms with E-state index < -0.39 is 0 Å². The fourth-order valence-corrected chi connectivity index (χ4v) is 3.32. The van der Waals surface area contributed by atoms with Gasteiger partial charge in [0.15, 0.2) is 0 Å². The lowest BCUT2D eigenvalue weighted by atomic mass is 9.74. The third-order valence-electron chi connectivity index (χ3n) is 4.66. The van der Waals surface area contributed by atoms with Gasteiger partial charge in [-0.05, 0) is 56.6 Å². The normalized spacial score (nSPS) is 29.1. The Kier molecular flexibility index (Phi) is 5.00. The molecule has 0 radical (unpaired) electrons. The molecule has 0 aliphatic carbocycles. The molecule has 0 aromatic heterocycles. The van der Waals surface area contributed by atoms with Gasteiger partial charge in [-0.15, -0.1) is 0 Å². The summed E-state index contributed by atoms with van der Waals surface area (Å²) in [7, 11) is 0. The molecule has 0 spiro atoms. The second-order valence-corrected chi connectivity index (χ2v) is 6.00. The zero-order chi connectivity index (χ0) is 13.7. The van der Waals surface area contributed by atoms with Crippen molar-refractivity contribution < 1.29 is 4.74 Å². The van der Waals surface area contributed by atoms with Crippen LogP contribution in [0.3, 0.4) is 0 Å². The van der Waals surface area contributed by atoms with Gasteiger partial charge in [-0.25, -0.2) is 0 Å². The summed E-state index contributed by atoms with van der Waals surface area (Å²) in [5.74, 6) is 1.28. The van der Waals surface area contributed by atoms with Crippen LogP contribution in [0, 0.1) is 5.92 Å². The summed E-state index contributed by atoms with van der Waals surface area (Å²) < 4.78 is 5.98. The third-order valence-corrected chi connectivity index (χ3v) is 4.66. The molecule has 1 aliphatic rings. The molecule has 1 aromatic carbocycles. The lowest BCUT2D eigenvalue weighted by molar-refractivity contribution is -0.0914. The Labute approximate surface area is 117 Å². The molecule has 106 valence electrons. The van der Waals surface area contributed by atoms with Crippen LogP contribution in [0.1, 0.15) is 51.0 Å². The van der Waals surface area contributed by atoms with E-state index >= 15 is 0 Å². The molecule has 1 fully saturated rings. The van der Waals surface area contributed by atoms with Crippen LogP contribution in [-0.4, -0.2) is 18.8 Å². The van der Waals surface area contributed by atoms with E-state index in [0.29, 0.717) is 11.8 Å². The van der Waals surface area contributed by atoms with Gasteiger partial charge >= 0.3 is 0 Å². The number of rotatable bonds is 5. The molecule has 1 aromatic rings. The molecule has 0 bridgehead atoms. The van der Waals surface area contributed by atoms with Gasteiger partial charge in [0, 0.05) is 6.61 Å². The van der Waals surface area contributed by atoms with Crippen molar-refractivity contribution in [2.75, 3.05) is 13.2 Å². The summed E-state index contributed by atoms with van der Waals surface area (Å²) >= 11 is 0. The van der Waals surface area contributed by atoms with Crippen molar-refractivity contribution in [3.8, 4) is 0 Å². The van der Waals surface area contributed by atoms with E-state index in [4.69, 9.17) is 10.5 Å². The molecule has 2 rings (SSSR count). The zero-order valence-corrected chi connectivity index (χ0v) is 12.3. The summed E-state index contributed by atoms with van der Waals surface area (Å²) in [5, 5.41) is 0. The van der Waals surface area contributed by atoms with Crippen LogP contribution < -0.4 is 5.73 Å². The average molecular weight is 261 g/mol. The molecule has 1 heterocycles. The van der Waals surface area contributed by atoms with Crippen LogP contribution in [-0.2, 0) is 4.74 Å². The first-order valence-corrected chi connectivity index (χ1v) is 7.57. The molecule has 2 nitrogen and oxygen atoms in total. The minimum atomic E-state index is 0.0601. The second-order valence-electron chi connectivity index (χ2n) is 6.00. The Morgan fingerprint density at radius 1 is 1.37 bits per heavy atom. The quantitative estimate of drug-likeness (QED) is 0.877. The van der Waals surface area contributed by atoms with Crippen LogP contribution >= 0.6 is 0 Å². The lowest BCUT2D eigenvalue weighted by Gasteiger charge is -2.41. The molecule has 2 heteroatoms. The fraction of sp³-hybridized carbons (Fsp3) is 0.647. The standard InChI is InChI=1S/C17H27NO/c1-3-17(2)13-15(10-12-19-17)16(9-11-18)14-7-5-4-6-8-14/h4-8,15-16H,3,9-13,18H2,1-2H3/t15-,16+,17+/m1/s1. The molecule has 0 unspecified atom stereocenters. The van der Waals surface area contributed by atoms with Gasteiger partial charge in [0.05, 0.1) is 5.60 Å². The maximum absolute atomic E-state index is 5.98. The Balaban J connectivity index is 2.15. The molecular weight excluding hydrogens is 234 g/mol. The largest absolute Gasteiger partial charge is 0.375 e. The minimum absolute atomic E-state index is 0.0601. The lowest BCUT2D eigenvalue weighted by Crippen LogP contribution is -2.38. The van der Waals surface area contributed by atoms with E-state index in [2.05, 4.69) is 44.2 Å². The van der Waals surface area contributed by atoms with Crippen LogP contribution in [0.15, 0.2) is 30.3 Å². The van der Waals surface area contributed by atoms with E-state index in [0.717, 1.165) is 38.8 Å². The van der Waals surface area contributed by atoms with Crippen molar-refractivity contribution in [2.45, 2.75) is 51.0 Å². The molecule has 1 aliphatic heterocycles.